The first-order valence-electron chi connectivity index (χ1n) is 6.37. The molecule has 0 amide bonds. The van der Waals surface area contributed by atoms with Crippen molar-refractivity contribution in [3.8, 4) is 5.75 Å². The summed E-state index contributed by atoms with van der Waals surface area (Å²) < 4.78 is 28.6. The molecule has 1 fully saturated rings. The Labute approximate surface area is 136 Å². The first kappa shape index (κ1) is 18.6. The highest BCUT2D eigenvalue weighted by molar-refractivity contribution is 9.10. The molecule has 2 rings (SSSR count). The van der Waals surface area contributed by atoms with E-state index in [1.165, 1.54) is 18.2 Å². The molecule has 1 saturated heterocycles. The zero-order valence-electron chi connectivity index (χ0n) is 11.2. The summed E-state index contributed by atoms with van der Waals surface area (Å²) in [4.78, 5) is 1.66. The predicted molar refractivity (Wildman–Crippen MR) is 82.3 cm³/mol. The van der Waals surface area contributed by atoms with Crippen molar-refractivity contribution in [3.63, 3.8) is 0 Å². The number of nitrogens with zero attached hydrogens (tertiary/aromatic N) is 1. The third-order valence-electron chi connectivity index (χ3n) is 3.42. The highest BCUT2D eigenvalue weighted by Crippen LogP contribution is 2.38. The van der Waals surface area contributed by atoms with E-state index in [1.54, 1.807) is 4.90 Å². The van der Waals surface area contributed by atoms with Gasteiger partial charge >= 0.3 is 0 Å². The van der Waals surface area contributed by atoms with Gasteiger partial charge in [-0.1, -0.05) is 6.07 Å². The summed E-state index contributed by atoms with van der Waals surface area (Å²) in [5, 5.41) is 21.6. The SMILES string of the molecule is Cl.OCC(F)(F)[C@H](c1ccc(O)c(Br)c1)N1CCNCC1. The van der Waals surface area contributed by atoms with Crippen LogP contribution in [0.25, 0.3) is 0 Å². The second-order valence-corrected chi connectivity index (χ2v) is 5.67. The van der Waals surface area contributed by atoms with E-state index in [0.717, 1.165) is 0 Å². The minimum atomic E-state index is -3.24. The summed E-state index contributed by atoms with van der Waals surface area (Å²) in [6.45, 7) is 1.03. The van der Waals surface area contributed by atoms with Gasteiger partial charge in [0.1, 0.15) is 18.4 Å². The lowest BCUT2D eigenvalue weighted by molar-refractivity contribution is -0.118. The van der Waals surface area contributed by atoms with Gasteiger partial charge in [-0.25, -0.2) is 8.78 Å². The lowest BCUT2D eigenvalue weighted by Gasteiger charge is -2.38. The number of hydrogen-bond donors (Lipinski definition) is 3. The summed E-state index contributed by atoms with van der Waals surface area (Å²) in [6.07, 6.45) is 0. The topological polar surface area (TPSA) is 55.7 Å². The lowest BCUT2D eigenvalue weighted by Crippen LogP contribution is -2.51. The van der Waals surface area contributed by atoms with Gasteiger partial charge in [0.25, 0.3) is 5.92 Å². The zero-order chi connectivity index (χ0) is 14.8. The van der Waals surface area contributed by atoms with Crippen molar-refractivity contribution < 1.29 is 19.0 Å². The molecule has 0 bridgehead atoms. The average molecular weight is 388 g/mol. The van der Waals surface area contributed by atoms with Crippen LogP contribution in [-0.4, -0.2) is 53.8 Å². The Balaban J connectivity index is 0.00000220. The smallest absolute Gasteiger partial charge is 0.289 e. The van der Waals surface area contributed by atoms with Gasteiger partial charge in [-0.05, 0) is 33.6 Å². The van der Waals surface area contributed by atoms with Crippen LogP contribution in [0.2, 0.25) is 0 Å². The van der Waals surface area contributed by atoms with Crippen molar-refractivity contribution >= 4 is 28.3 Å². The van der Waals surface area contributed by atoms with Crippen molar-refractivity contribution in [2.75, 3.05) is 32.8 Å². The minimum absolute atomic E-state index is 0. The largest absolute Gasteiger partial charge is 0.507 e. The maximum absolute atomic E-state index is 14.1. The van der Waals surface area contributed by atoms with Crippen LogP contribution < -0.4 is 5.32 Å². The number of rotatable bonds is 4. The van der Waals surface area contributed by atoms with E-state index in [1.807, 2.05) is 0 Å². The predicted octanol–water partition coefficient (Wildman–Crippen LogP) is 2.15. The molecule has 21 heavy (non-hydrogen) atoms. The first-order chi connectivity index (χ1) is 9.45. The normalized spacial score (nSPS) is 18.1. The average Bonchev–Trinajstić information content (AvgIpc) is 2.44. The molecule has 4 nitrogen and oxygen atoms in total. The van der Waals surface area contributed by atoms with Gasteiger partial charge in [-0.2, -0.15) is 0 Å². The van der Waals surface area contributed by atoms with Crippen molar-refractivity contribution in [2.24, 2.45) is 0 Å². The molecule has 0 spiro atoms. The Bertz CT molecular complexity index is 473. The van der Waals surface area contributed by atoms with Gasteiger partial charge in [0, 0.05) is 26.2 Å². The van der Waals surface area contributed by atoms with Crippen LogP contribution in [-0.2, 0) is 0 Å². The Morgan fingerprint density at radius 2 is 1.95 bits per heavy atom. The Morgan fingerprint density at radius 3 is 2.48 bits per heavy atom. The van der Waals surface area contributed by atoms with E-state index in [-0.39, 0.29) is 18.2 Å². The number of hydrogen-bond acceptors (Lipinski definition) is 4. The molecule has 8 heteroatoms. The van der Waals surface area contributed by atoms with Gasteiger partial charge in [0.05, 0.1) is 4.47 Å². The van der Waals surface area contributed by atoms with Crippen LogP contribution in [0.4, 0.5) is 8.78 Å². The van der Waals surface area contributed by atoms with E-state index in [9.17, 15) is 13.9 Å². The van der Waals surface area contributed by atoms with Crippen LogP contribution in [0.15, 0.2) is 22.7 Å². The first-order valence-corrected chi connectivity index (χ1v) is 7.17. The van der Waals surface area contributed by atoms with Gasteiger partial charge < -0.3 is 15.5 Å². The summed E-state index contributed by atoms with van der Waals surface area (Å²) in [5.74, 6) is -3.24. The number of halogens is 4. The second kappa shape index (κ2) is 7.69. The summed E-state index contributed by atoms with van der Waals surface area (Å²) >= 11 is 3.14. The van der Waals surface area contributed by atoms with Crippen LogP contribution in [0, 0.1) is 0 Å². The standard InChI is InChI=1S/C13H17BrF2N2O2.ClH/c14-10-7-9(1-2-11(10)20)12(13(15,16)8-19)18-5-3-17-4-6-18;/h1-2,7,12,17,19-20H,3-6,8H2;1H/t12-;/m0./s1. The number of benzene rings is 1. The number of phenols is 1. The number of aliphatic hydroxyl groups excluding tert-OH is 1. The molecule has 0 unspecified atom stereocenters. The van der Waals surface area contributed by atoms with Crippen LogP contribution in [0.5, 0.6) is 5.75 Å². The number of nitrogens with one attached hydrogen (secondary N) is 1. The molecule has 0 radical (unpaired) electrons. The van der Waals surface area contributed by atoms with Crippen LogP contribution in [0.3, 0.4) is 0 Å². The molecular weight excluding hydrogens is 370 g/mol. The lowest BCUT2D eigenvalue weighted by atomic mass is 9.98. The third kappa shape index (κ3) is 4.26. The number of piperazine rings is 1. The molecule has 0 aliphatic carbocycles. The molecular formula is C13H18BrClF2N2O2. The highest BCUT2D eigenvalue weighted by atomic mass is 79.9. The fourth-order valence-corrected chi connectivity index (χ4v) is 2.84. The molecule has 1 aromatic rings. The Kier molecular flexibility index (Phi) is 6.80. The Morgan fingerprint density at radius 1 is 1.33 bits per heavy atom. The van der Waals surface area contributed by atoms with E-state index < -0.39 is 18.6 Å². The second-order valence-electron chi connectivity index (χ2n) is 4.82. The summed E-state index contributed by atoms with van der Waals surface area (Å²) in [6, 6.07) is 3.12. The maximum atomic E-state index is 14.1. The van der Waals surface area contributed by atoms with Crippen molar-refractivity contribution in [2.45, 2.75) is 12.0 Å². The monoisotopic (exact) mass is 386 g/mol. The number of aromatic hydroxyl groups is 1. The molecule has 0 saturated carbocycles. The van der Waals surface area contributed by atoms with Crippen LogP contribution >= 0.6 is 28.3 Å². The van der Waals surface area contributed by atoms with Gasteiger partial charge in [-0.3, -0.25) is 4.90 Å². The van der Waals surface area contributed by atoms with E-state index >= 15 is 0 Å². The molecule has 1 heterocycles. The fraction of sp³-hybridized carbons (Fsp3) is 0.538. The molecule has 1 aromatic carbocycles. The van der Waals surface area contributed by atoms with Gasteiger partial charge in [0.15, 0.2) is 0 Å². The molecule has 1 atom stereocenters. The molecule has 120 valence electrons. The zero-order valence-corrected chi connectivity index (χ0v) is 13.6. The fourth-order valence-electron chi connectivity index (χ4n) is 2.44. The third-order valence-corrected chi connectivity index (χ3v) is 4.05. The number of aliphatic hydroxyl groups is 1. The van der Waals surface area contributed by atoms with Crippen LogP contribution in [0.1, 0.15) is 11.6 Å². The maximum Gasteiger partial charge on any atom is 0.289 e. The summed E-state index contributed by atoms with van der Waals surface area (Å²) in [7, 11) is 0. The highest BCUT2D eigenvalue weighted by Gasteiger charge is 2.44. The van der Waals surface area contributed by atoms with Gasteiger partial charge in [-0.15, -0.1) is 12.4 Å². The molecule has 1 aliphatic rings. The quantitative estimate of drug-likeness (QED) is 0.741. The number of alkyl halides is 2. The van der Waals surface area contributed by atoms with Crippen molar-refractivity contribution in [1.29, 1.82) is 0 Å². The van der Waals surface area contributed by atoms with Crippen molar-refractivity contribution in [3.05, 3.63) is 28.2 Å². The molecule has 3 N–H and O–H groups in total. The van der Waals surface area contributed by atoms with Gasteiger partial charge in [0.2, 0.25) is 0 Å². The minimum Gasteiger partial charge on any atom is -0.507 e. The Hall–Kier alpha value is -0.470. The summed E-state index contributed by atoms with van der Waals surface area (Å²) in [5.41, 5.74) is 0.371. The van der Waals surface area contributed by atoms with E-state index in [4.69, 9.17) is 5.11 Å². The van der Waals surface area contributed by atoms with E-state index in [0.29, 0.717) is 36.2 Å². The molecule has 0 aromatic heterocycles. The van der Waals surface area contributed by atoms with E-state index in [2.05, 4.69) is 21.2 Å². The molecule has 1 aliphatic heterocycles. The van der Waals surface area contributed by atoms with Crippen molar-refractivity contribution in [1.82, 2.24) is 10.2 Å². The number of phenolic OH excluding ortho intramolecular Hbond substituents is 1.